The number of rotatable bonds is 5. The van der Waals surface area contributed by atoms with Gasteiger partial charge >= 0.3 is 0 Å². The van der Waals surface area contributed by atoms with Gasteiger partial charge in [0.05, 0.1) is 31.9 Å². The SMILES string of the molecule is COc1cc(N)c(C(=O)NC2(CO)CC2)cc1OC. The van der Waals surface area contributed by atoms with Crippen LogP contribution >= 0.6 is 0 Å². The average Bonchev–Trinajstić information content (AvgIpc) is 3.18. The minimum Gasteiger partial charge on any atom is -0.493 e. The average molecular weight is 266 g/mol. The van der Waals surface area contributed by atoms with E-state index in [1.54, 1.807) is 6.07 Å². The summed E-state index contributed by atoms with van der Waals surface area (Å²) in [5.41, 5.74) is 5.99. The van der Waals surface area contributed by atoms with Crippen LogP contribution in [-0.4, -0.2) is 37.4 Å². The molecule has 0 radical (unpaired) electrons. The molecule has 104 valence electrons. The van der Waals surface area contributed by atoms with Crippen LogP contribution in [-0.2, 0) is 0 Å². The van der Waals surface area contributed by atoms with Crippen LogP contribution in [0.25, 0.3) is 0 Å². The largest absolute Gasteiger partial charge is 0.493 e. The van der Waals surface area contributed by atoms with E-state index >= 15 is 0 Å². The van der Waals surface area contributed by atoms with Crippen LogP contribution in [0.3, 0.4) is 0 Å². The highest BCUT2D eigenvalue weighted by Gasteiger charge is 2.43. The molecule has 0 aromatic heterocycles. The normalized spacial score (nSPS) is 15.7. The number of carbonyl (C=O) groups excluding carboxylic acids is 1. The van der Waals surface area contributed by atoms with Crippen molar-refractivity contribution in [1.29, 1.82) is 0 Å². The van der Waals surface area contributed by atoms with E-state index in [4.69, 9.17) is 15.2 Å². The second kappa shape index (κ2) is 4.97. The first-order valence-corrected chi connectivity index (χ1v) is 6.00. The van der Waals surface area contributed by atoms with Gasteiger partial charge in [0.1, 0.15) is 0 Å². The molecule has 19 heavy (non-hydrogen) atoms. The minimum atomic E-state index is -0.476. The second-order valence-corrected chi connectivity index (χ2v) is 4.69. The summed E-state index contributed by atoms with van der Waals surface area (Å²) >= 11 is 0. The Kier molecular flexibility index (Phi) is 3.53. The summed E-state index contributed by atoms with van der Waals surface area (Å²) in [6.07, 6.45) is 1.56. The van der Waals surface area contributed by atoms with E-state index < -0.39 is 5.54 Å². The molecule has 0 atom stereocenters. The van der Waals surface area contributed by atoms with Crippen molar-refractivity contribution >= 4 is 11.6 Å². The fourth-order valence-electron chi connectivity index (χ4n) is 1.87. The molecule has 6 nitrogen and oxygen atoms in total. The van der Waals surface area contributed by atoms with Crippen LogP contribution in [0.1, 0.15) is 23.2 Å². The zero-order valence-corrected chi connectivity index (χ0v) is 11.0. The molecular weight excluding hydrogens is 248 g/mol. The number of methoxy groups -OCH3 is 2. The molecule has 0 spiro atoms. The van der Waals surface area contributed by atoms with Gasteiger partial charge in [-0.2, -0.15) is 0 Å². The van der Waals surface area contributed by atoms with Crippen molar-refractivity contribution in [2.45, 2.75) is 18.4 Å². The third kappa shape index (κ3) is 2.58. The molecular formula is C13H18N2O4. The molecule has 2 rings (SSSR count). The van der Waals surface area contributed by atoms with E-state index in [1.807, 2.05) is 0 Å². The van der Waals surface area contributed by atoms with Crippen LogP contribution in [0.5, 0.6) is 11.5 Å². The number of hydrogen-bond donors (Lipinski definition) is 3. The lowest BCUT2D eigenvalue weighted by atomic mass is 10.1. The molecule has 4 N–H and O–H groups in total. The summed E-state index contributed by atoms with van der Waals surface area (Å²) in [5, 5.41) is 12.0. The molecule has 1 aliphatic carbocycles. The number of aliphatic hydroxyl groups excluding tert-OH is 1. The van der Waals surface area contributed by atoms with E-state index in [9.17, 15) is 9.90 Å². The summed E-state index contributed by atoms with van der Waals surface area (Å²) in [4.78, 5) is 12.1. The fraction of sp³-hybridized carbons (Fsp3) is 0.462. The van der Waals surface area contributed by atoms with Gasteiger partial charge in [-0.1, -0.05) is 0 Å². The molecule has 1 saturated carbocycles. The number of anilines is 1. The fourth-order valence-corrected chi connectivity index (χ4v) is 1.87. The van der Waals surface area contributed by atoms with Crippen molar-refractivity contribution < 1.29 is 19.4 Å². The van der Waals surface area contributed by atoms with Gasteiger partial charge in [0.25, 0.3) is 5.91 Å². The number of ether oxygens (including phenoxy) is 2. The summed E-state index contributed by atoms with van der Waals surface area (Å²) in [5.74, 6) is 0.598. The predicted molar refractivity (Wildman–Crippen MR) is 70.5 cm³/mol. The number of nitrogen functional groups attached to an aromatic ring is 1. The lowest BCUT2D eigenvalue weighted by molar-refractivity contribution is 0.0907. The Balaban J connectivity index is 2.26. The lowest BCUT2D eigenvalue weighted by Gasteiger charge is -2.16. The second-order valence-electron chi connectivity index (χ2n) is 4.69. The number of aliphatic hydroxyl groups is 1. The van der Waals surface area contributed by atoms with Crippen LogP contribution in [0, 0.1) is 0 Å². The van der Waals surface area contributed by atoms with Crippen LogP contribution in [0.2, 0.25) is 0 Å². The van der Waals surface area contributed by atoms with Crippen LogP contribution in [0.15, 0.2) is 12.1 Å². The van der Waals surface area contributed by atoms with Gasteiger partial charge in [0.2, 0.25) is 0 Å². The van der Waals surface area contributed by atoms with Crippen molar-refractivity contribution in [1.82, 2.24) is 5.32 Å². The van der Waals surface area contributed by atoms with Gasteiger partial charge in [-0.15, -0.1) is 0 Å². The molecule has 6 heteroatoms. The molecule has 0 bridgehead atoms. The molecule has 0 unspecified atom stereocenters. The summed E-state index contributed by atoms with van der Waals surface area (Å²) in [7, 11) is 2.99. The Labute approximate surface area is 111 Å². The molecule has 1 amide bonds. The highest BCUT2D eigenvalue weighted by molar-refractivity contribution is 6.00. The van der Waals surface area contributed by atoms with E-state index in [-0.39, 0.29) is 12.5 Å². The molecule has 0 saturated heterocycles. The van der Waals surface area contributed by atoms with Crippen molar-refractivity contribution in [2.75, 3.05) is 26.6 Å². The first-order valence-electron chi connectivity index (χ1n) is 6.00. The number of amides is 1. The Hall–Kier alpha value is -1.95. The van der Waals surface area contributed by atoms with Crippen molar-refractivity contribution in [3.8, 4) is 11.5 Å². The maximum absolute atomic E-state index is 12.1. The molecule has 0 aliphatic heterocycles. The highest BCUT2D eigenvalue weighted by atomic mass is 16.5. The maximum Gasteiger partial charge on any atom is 0.254 e. The smallest absolute Gasteiger partial charge is 0.254 e. The third-order valence-corrected chi connectivity index (χ3v) is 3.34. The number of carbonyl (C=O) groups is 1. The molecule has 1 aromatic carbocycles. The number of hydrogen-bond acceptors (Lipinski definition) is 5. The molecule has 1 aliphatic rings. The third-order valence-electron chi connectivity index (χ3n) is 3.34. The van der Waals surface area contributed by atoms with Gasteiger partial charge in [-0.3, -0.25) is 4.79 Å². The standard InChI is InChI=1S/C13H18N2O4/c1-18-10-5-8(9(14)6-11(10)19-2)12(17)15-13(7-16)3-4-13/h5-6,16H,3-4,7,14H2,1-2H3,(H,15,17). The summed E-state index contributed by atoms with van der Waals surface area (Å²) in [6, 6.07) is 3.09. The van der Waals surface area contributed by atoms with E-state index in [0.717, 1.165) is 12.8 Å². The quantitative estimate of drug-likeness (QED) is 0.676. The zero-order chi connectivity index (χ0) is 14.0. The van der Waals surface area contributed by atoms with Gasteiger partial charge < -0.3 is 25.6 Å². The van der Waals surface area contributed by atoms with Gasteiger partial charge in [-0.05, 0) is 18.9 Å². The van der Waals surface area contributed by atoms with Gasteiger partial charge in [0, 0.05) is 11.8 Å². The van der Waals surface area contributed by atoms with Gasteiger partial charge in [-0.25, -0.2) is 0 Å². The lowest BCUT2D eigenvalue weighted by Crippen LogP contribution is -2.39. The monoisotopic (exact) mass is 266 g/mol. The molecule has 1 fully saturated rings. The van der Waals surface area contributed by atoms with Crippen LogP contribution < -0.4 is 20.5 Å². The summed E-state index contributed by atoms with van der Waals surface area (Å²) < 4.78 is 10.3. The topological polar surface area (TPSA) is 93.8 Å². The molecule has 0 heterocycles. The Morgan fingerprint density at radius 1 is 1.37 bits per heavy atom. The van der Waals surface area contributed by atoms with Gasteiger partial charge in [0.15, 0.2) is 11.5 Å². The van der Waals surface area contributed by atoms with E-state index in [2.05, 4.69) is 5.32 Å². The Morgan fingerprint density at radius 3 is 2.42 bits per heavy atom. The highest BCUT2D eigenvalue weighted by Crippen LogP contribution is 2.36. The molecule has 1 aromatic rings. The first kappa shape index (κ1) is 13.5. The maximum atomic E-state index is 12.1. The number of benzene rings is 1. The Morgan fingerprint density at radius 2 is 1.95 bits per heavy atom. The van der Waals surface area contributed by atoms with Crippen molar-refractivity contribution in [3.63, 3.8) is 0 Å². The van der Waals surface area contributed by atoms with Crippen LogP contribution in [0.4, 0.5) is 5.69 Å². The minimum absolute atomic E-state index is 0.0636. The number of nitrogens with one attached hydrogen (secondary N) is 1. The van der Waals surface area contributed by atoms with Crippen molar-refractivity contribution in [2.24, 2.45) is 0 Å². The van der Waals surface area contributed by atoms with E-state index in [0.29, 0.717) is 22.7 Å². The Bertz CT molecular complexity index is 498. The predicted octanol–water partition coefficient (Wildman–Crippen LogP) is 0.541. The van der Waals surface area contributed by atoms with E-state index in [1.165, 1.54) is 20.3 Å². The first-order chi connectivity index (χ1) is 9.05. The number of nitrogens with two attached hydrogens (primary N) is 1. The summed E-state index contributed by atoms with van der Waals surface area (Å²) in [6.45, 7) is -0.0636. The zero-order valence-electron chi connectivity index (χ0n) is 11.0. The van der Waals surface area contributed by atoms with Crippen molar-refractivity contribution in [3.05, 3.63) is 17.7 Å².